The van der Waals surface area contributed by atoms with Gasteiger partial charge >= 0.3 is 0 Å². The van der Waals surface area contributed by atoms with Gasteiger partial charge in [0, 0.05) is 18.7 Å². The zero-order valence-electron chi connectivity index (χ0n) is 15.5. The van der Waals surface area contributed by atoms with E-state index in [4.69, 9.17) is 6.42 Å². The Kier molecular flexibility index (Phi) is 4.79. The molecule has 0 saturated carbocycles. The first-order valence-electron chi connectivity index (χ1n) is 8.90. The second kappa shape index (κ2) is 7.56. The minimum atomic E-state index is -0.454. The van der Waals surface area contributed by atoms with E-state index in [0.717, 1.165) is 0 Å². The summed E-state index contributed by atoms with van der Waals surface area (Å²) in [5.74, 6) is 2.94. The molecular formula is C21H17FN6O. The van der Waals surface area contributed by atoms with Crippen LogP contribution in [0.2, 0.25) is 0 Å². The van der Waals surface area contributed by atoms with Crippen LogP contribution >= 0.6 is 0 Å². The molecule has 2 aromatic heterocycles. The van der Waals surface area contributed by atoms with Crippen molar-refractivity contribution in [2.75, 3.05) is 30.0 Å². The van der Waals surface area contributed by atoms with E-state index in [1.54, 1.807) is 4.90 Å². The van der Waals surface area contributed by atoms with Crippen LogP contribution in [0.1, 0.15) is 5.56 Å². The van der Waals surface area contributed by atoms with Gasteiger partial charge in [-0.2, -0.15) is 0 Å². The fourth-order valence-corrected chi connectivity index (χ4v) is 3.12. The fraction of sp³-hybridized carbons (Fsp3) is 0.143. The number of benzene rings is 1. The maximum atomic E-state index is 14.2. The van der Waals surface area contributed by atoms with Gasteiger partial charge in [-0.3, -0.25) is 4.79 Å². The second-order valence-corrected chi connectivity index (χ2v) is 6.43. The SMILES string of the molecule is C#Cc1ccc(F)c(Nc2ncnc3ccc(N4CCN(C(=O)C=C)C4)nc23)c1. The summed E-state index contributed by atoms with van der Waals surface area (Å²) in [7, 11) is 0. The summed E-state index contributed by atoms with van der Waals surface area (Å²) in [6, 6.07) is 8.01. The lowest BCUT2D eigenvalue weighted by Crippen LogP contribution is -2.29. The summed E-state index contributed by atoms with van der Waals surface area (Å²) in [5.41, 5.74) is 1.85. The maximum Gasteiger partial charge on any atom is 0.247 e. The second-order valence-electron chi connectivity index (χ2n) is 6.43. The van der Waals surface area contributed by atoms with Crippen molar-refractivity contribution in [2.24, 2.45) is 0 Å². The molecule has 3 heterocycles. The lowest BCUT2D eigenvalue weighted by atomic mass is 10.2. The summed E-state index contributed by atoms with van der Waals surface area (Å²) in [6.45, 7) is 5.17. The molecule has 3 aromatic rings. The van der Waals surface area contributed by atoms with Crippen molar-refractivity contribution in [1.82, 2.24) is 19.9 Å². The molecule has 0 spiro atoms. The number of aromatic nitrogens is 3. The van der Waals surface area contributed by atoms with Gasteiger partial charge in [-0.05, 0) is 36.4 Å². The summed E-state index contributed by atoms with van der Waals surface area (Å²) >= 11 is 0. The van der Waals surface area contributed by atoms with Crippen molar-refractivity contribution in [3.05, 3.63) is 60.7 Å². The standard InChI is InChI=1S/C21H17FN6O/c1-3-14-5-6-15(22)17(11-14)25-21-20-16(23-12-24-21)7-8-18(26-20)27-9-10-28(13-27)19(29)4-2/h1,4-8,11-12H,2,9-10,13H2,(H,23,24,25). The molecule has 1 aromatic carbocycles. The molecule has 0 unspecified atom stereocenters. The summed E-state index contributed by atoms with van der Waals surface area (Å²) in [6.07, 6.45) is 8.09. The Morgan fingerprint density at radius 2 is 2.14 bits per heavy atom. The van der Waals surface area contributed by atoms with E-state index in [-0.39, 0.29) is 11.6 Å². The number of fused-ring (bicyclic) bond motifs is 1. The largest absolute Gasteiger partial charge is 0.337 e. The Hall–Kier alpha value is -3.99. The average Bonchev–Trinajstić information content (AvgIpc) is 3.25. The highest BCUT2D eigenvalue weighted by molar-refractivity contribution is 5.89. The molecule has 1 N–H and O–H groups in total. The third-order valence-corrected chi connectivity index (χ3v) is 4.64. The maximum absolute atomic E-state index is 14.2. The van der Waals surface area contributed by atoms with Gasteiger partial charge < -0.3 is 15.1 Å². The van der Waals surface area contributed by atoms with E-state index in [9.17, 15) is 9.18 Å². The minimum Gasteiger partial charge on any atom is -0.337 e. The van der Waals surface area contributed by atoms with Crippen LogP contribution < -0.4 is 10.2 Å². The van der Waals surface area contributed by atoms with E-state index in [1.165, 1.54) is 30.6 Å². The highest BCUT2D eigenvalue weighted by Crippen LogP contribution is 2.27. The van der Waals surface area contributed by atoms with Crippen LogP contribution in [0.25, 0.3) is 11.0 Å². The molecule has 0 radical (unpaired) electrons. The Morgan fingerprint density at radius 3 is 2.93 bits per heavy atom. The molecule has 0 atom stereocenters. The summed E-state index contributed by atoms with van der Waals surface area (Å²) in [5, 5.41) is 2.96. The Labute approximate surface area is 166 Å². The van der Waals surface area contributed by atoms with Gasteiger partial charge in [0.15, 0.2) is 5.82 Å². The number of hydrogen-bond donors (Lipinski definition) is 1. The molecule has 4 rings (SSSR count). The van der Waals surface area contributed by atoms with E-state index in [2.05, 4.69) is 32.8 Å². The molecule has 7 nitrogen and oxygen atoms in total. The molecule has 1 aliphatic heterocycles. The monoisotopic (exact) mass is 388 g/mol. The molecular weight excluding hydrogens is 371 g/mol. The molecule has 144 valence electrons. The highest BCUT2D eigenvalue weighted by Gasteiger charge is 2.24. The quantitative estimate of drug-likeness (QED) is 0.547. The van der Waals surface area contributed by atoms with Gasteiger partial charge in [0.2, 0.25) is 5.91 Å². The van der Waals surface area contributed by atoms with Gasteiger partial charge in [-0.15, -0.1) is 6.42 Å². The number of rotatable bonds is 4. The molecule has 1 aliphatic rings. The third kappa shape index (κ3) is 3.58. The van der Waals surface area contributed by atoms with Gasteiger partial charge in [0.25, 0.3) is 0 Å². The third-order valence-electron chi connectivity index (χ3n) is 4.64. The van der Waals surface area contributed by atoms with Crippen LogP contribution in [-0.4, -0.2) is 45.5 Å². The van der Waals surface area contributed by atoms with Crippen LogP contribution in [0.4, 0.5) is 21.7 Å². The number of pyridine rings is 1. The molecule has 0 bridgehead atoms. The van der Waals surface area contributed by atoms with Gasteiger partial charge in [0.05, 0.1) is 17.9 Å². The average molecular weight is 388 g/mol. The summed E-state index contributed by atoms with van der Waals surface area (Å²) in [4.78, 5) is 28.6. The number of nitrogens with one attached hydrogen (secondary N) is 1. The van der Waals surface area contributed by atoms with Crippen molar-refractivity contribution in [2.45, 2.75) is 0 Å². The lowest BCUT2D eigenvalue weighted by molar-refractivity contribution is -0.124. The Morgan fingerprint density at radius 1 is 1.28 bits per heavy atom. The predicted molar refractivity (Wildman–Crippen MR) is 109 cm³/mol. The predicted octanol–water partition coefficient (Wildman–Crippen LogP) is 2.68. The zero-order valence-corrected chi connectivity index (χ0v) is 15.5. The lowest BCUT2D eigenvalue weighted by Gasteiger charge is -2.19. The first-order chi connectivity index (χ1) is 14.1. The van der Waals surface area contributed by atoms with E-state index >= 15 is 0 Å². The number of anilines is 3. The van der Waals surface area contributed by atoms with Crippen molar-refractivity contribution in [1.29, 1.82) is 0 Å². The van der Waals surface area contributed by atoms with Gasteiger partial charge in [-0.25, -0.2) is 19.3 Å². The number of amides is 1. The fourth-order valence-electron chi connectivity index (χ4n) is 3.12. The number of hydrogen-bond acceptors (Lipinski definition) is 6. The van der Waals surface area contributed by atoms with E-state index in [1.807, 2.05) is 17.0 Å². The first kappa shape index (κ1) is 18.4. The number of carbonyl (C=O) groups is 1. The van der Waals surface area contributed by atoms with Crippen molar-refractivity contribution in [3.63, 3.8) is 0 Å². The van der Waals surface area contributed by atoms with Crippen molar-refractivity contribution >= 4 is 34.3 Å². The van der Waals surface area contributed by atoms with Gasteiger partial charge in [-0.1, -0.05) is 12.5 Å². The Balaban J connectivity index is 1.68. The van der Waals surface area contributed by atoms with E-state index in [0.29, 0.717) is 48.0 Å². The number of nitrogens with zero attached hydrogens (tertiary/aromatic N) is 5. The molecule has 1 amide bonds. The highest BCUT2D eigenvalue weighted by atomic mass is 19.1. The zero-order chi connectivity index (χ0) is 20.4. The van der Waals surface area contributed by atoms with Crippen LogP contribution in [0.15, 0.2) is 49.3 Å². The van der Waals surface area contributed by atoms with E-state index < -0.39 is 5.82 Å². The molecule has 8 heteroatoms. The van der Waals surface area contributed by atoms with Crippen LogP contribution in [-0.2, 0) is 4.79 Å². The topological polar surface area (TPSA) is 74.2 Å². The molecule has 1 fully saturated rings. The van der Waals surface area contributed by atoms with Crippen LogP contribution in [0.5, 0.6) is 0 Å². The summed E-state index contributed by atoms with van der Waals surface area (Å²) < 4.78 is 14.2. The number of terminal acetylenes is 1. The van der Waals surface area contributed by atoms with Crippen molar-refractivity contribution in [3.8, 4) is 12.3 Å². The smallest absolute Gasteiger partial charge is 0.247 e. The van der Waals surface area contributed by atoms with Gasteiger partial charge in [0.1, 0.15) is 23.5 Å². The molecule has 1 saturated heterocycles. The Bertz CT molecular complexity index is 1160. The van der Waals surface area contributed by atoms with Crippen LogP contribution in [0.3, 0.4) is 0 Å². The first-order valence-corrected chi connectivity index (χ1v) is 8.90. The molecule has 29 heavy (non-hydrogen) atoms. The minimum absolute atomic E-state index is 0.122. The van der Waals surface area contributed by atoms with Crippen LogP contribution in [0, 0.1) is 18.2 Å². The number of carbonyl (C=O) groups excluding carboxylic acids is 1. The number of halogens is 1. The van der Waals surface area contributed by atoms with Crippen molar-refractivity contribution < 1.29 is 9.18 Å². The normalized spacial score (nSPS) is 13.4. The molecule has 0 aliphatic carbocycles.